The number of carboxylic acid groups (broad SMARTS) is 1. The first-order valence-corrected chi connectivity index (χ1v) is 14.2. The van der Waals surface area contributed by atoms with Crippen LogP contribution in [0.25, 0.3) is 0 Å². The molecule has 0 radical (unpaired) electrons. The number of carboxylic acids is 1. The predicted octanol–water partition coefficient (Wildman–Crippen LogP) is -0.156. The van der Waals surface area contributed by atoms with Crippen LogP contribution in [0, 0.1) is 0 Å². The number of phenolic OH excluding ortho intramolecular Hbond substituents is 2. The Kier molecular flexibility index (Phi) is 12.7. The third-order valence-electron chi connectivity index (χ3n) is 6.91. The highest BCUT2D eigenvalue weighted by atomic mass is 16.4. The second kappa shape index (κ2) is 16.6. The van der Waals surface area contributed by atoms with Crippen molar-refractivity contribution in [3.05, 3.63) is 77.9 Å². The van der Waals surface area contributed by atoms with E-state index in [1.807, 2.05) is 0 Å². The SMILES string of the molecule is NCCCCC(NC(=O)C(Cc1ccc(O)cc1)NC(=O)C(N)Cc1cnc[nH]1)C(=O)NC(Cc1ccc(O)cc1)C(=O)O. The molecule has 11 N–H and O–H groups in total. The third-order valence-corrected chi connectivity index (χ3v) is 6.91. The van der Waals surface area contributed by atoms with Gasteiger partial charge in [0.15, 0.2) is 0 Å². The molecular formula is C30H39N7O7. The Morgan fingerprint density at radius 3 is 1.80 bits per heavy atom. The van der Waals surface area contributed by atoms with Gasteiger partial charge in [-0.25, -0.2) is 9.78 Å². The van der Waals surface area contributed by atoms with Crippen LogP contribution in [0.1, 0.15) is 36.1 Å². The number of aliphatic carboxylic acids is 1. The first-order valence-electron chi connectivity index (χ1n) is 14.2. The largest absolute Gasteiger partial charge is 0.508 e. The standard InChI is InChI=1S/C30H39N7O7/c31-12-2-1-3-24(28(41)37-26(30(43)44)14-19-6-10-22(39)11-7-19)35-29(42)25(13-18-4-8-21(38)9-5-18)36-27(40)23(32)15-20-16-33-17-34-20/h4-11,16-17,23-26,38-39H,1-3,12-15,31-32H2,(H,33,34)(H,35,42)(H,36,40)(H,37,41)(H,43,44). The number of imidazole rings is 1. The fourth-order valence-electron chi connectivity index (χ4n) is 4.46. The highest BCUT2D eigenvalue weighted by Gasteiger charge is 2.30. The van der Waals surface area contributed by atoms with Crippen molar-refractivity contribution in [1.82, 2.24) is 25.9 Å². The molecule has 4 atom stereocenters. The number of nitrogens with one attached hydrogen (secondary N) is 4. The summed E-state index contributed by atoms with van der Waals surface area (Å²) in [6, 6.07) is 7.39. The lowest BCUT2D eigenvalue weighted by Crippen LogP contribution is -2.58. The van der Waals surface area contributed by atoms with Crippen molar-refractivity contribution in [2.24, 2.45) is 11.5 Å². The molecule has 236 valence electrons. The maximum absolute atomic E-state index is 13.6. The molecule has 0 aliphatic heterocycles. The molecule has 0 aliphatic carbocycles. The van der Waals surface area contributed by atoms with E-state index in [0.717, 1.165) is 0 Å². The molecule has 1 aromatic heterocycles. The maximum atomic E-state index is 13.6. The van der Waals surface area contributed by atoms with Gasteiger partial charge in [0.05, 0.1) is 12.4 Å². The molecule has 0 bridgehead atoms. The summed E-state index contributed by atoms with van der Waals surface area (Å²) in [7, 11) is 0. The number of aromatic hydroxyl groups is 2. The number of hydrogen-bond acceptors (Lipinski definition) is 9. The Balaban J connectivity index is 1.77. The van der Waals surface area contributed by atoms with E-state index in [1.165, 1.54) is 36.8 Å². The summed E-state index contributed by atoms with van der Waals surface area (Å²) in [5, 5.41) is 36.8. The van der Waals surface area contributed by atoms with E-state index in [0.29, 0.717) is 36.2 Å². The number of phenols is 2. The van der Waals surface area contributed by atoms with E-state index in [-0.39, 0.29) is 37.2 Å². The van der Waals surface area contributed by atoms with E-state index in [2.05, 4.69) is 25.9 Å². The van der Waals surface area contributed by atoms with Crippen molar-refractivity contribution in [3.8, 4) is 11.5 Å². The van der Waals surface area contributed by atoms with Crippen LogP contribution < -0.4 is 27.4 Å². The molecule has 0 aliphatic rings. The summed E-state index contributed by atoms with van der Waals surface area (Å²) in [5.74, 6) is -3.24. The number of hydrogen-bond donors (Lipinski definition) is 9. The number of nitrogens with two attached hydrogens (primary N) is 2. The van der Waals surface area contributed by atoms with Crippen molar-refractivity contribution in [2.75, 3.05) is 6.54 Å². The lowest BCUT2D eigenvalue weighted by molar-refractivity contribution is -0.142. The predicted molar refractivity (Wildman–Crippen MR) is 160 cm³/mol. The first-order chi connectivity index (χ1) is 21.0. The summed E-state index contributed by atoms with van der Waals surface area (Å²) in [4.78, 5) is 58.7. The number of H-pyrrole nitrogens is 1. The molecule has 44 heavy (non-hydrogen) atoms. The monoisotopic (exact) mass is 609 g/mol. The lowest BCUT2D eigenvalue weighted by Gasteiger charge is -2.25. The number of carbonyl (C=O) groups is 4. The average Bonchev–Trinajstić information content (AvgIpc) is 3.51. The Bertz CT molecular complexity index is 1370. The van der Waals surface area contributed by atoms with E-state index in [9.17, 15) is 34.5 Å². The molecule has 2 aromatic carbocycles. The fraction of sp³-hybridized carbons (Fsp3) is 0.367. The van der Waals surface area contributed by atoms with Gasteiger partial charge in [0.2, 0.25) is 17.7 Å². The lowest BCUT2D eigenvalue weighted by atomic mass is 10.0. The second-order valence-corrected chi connectivity index (χ2v) is 10.4. The minimum absolute atomic E-state index is 0.0172. The third kappa shape index (κ3) is 10.7. The van der Waals surface area contributed by atoms with E-state index in [1.54, 1.807) is 24.3 Å². The molecule has 0 fully saturated rings. The van der Waals surface area contributed by atoms with Gasteiger partial charge in [-0.15, -0.1) is 0 Å². The summed E-state index contributed by atoms with van der Waals surface area (Å²) < 4.78 is 0. The smallest absolute Gasteiger partial charge is 0.326 e. The topological polar surface area (TPSA) is 246 Å². The molecule has 3 aromatic rings. The number of carbonyl (C=O) groups excluding carboxylic acids is 3. The fourth-order valence-corrected chi connectivity index (χ4v) is 4.46. The molecule has 3 amide bonds. The van der Waals surface area contributed by atoms with Crippen molar-refractivity contribution in [3.63, 3.8) is 0 Å². The van der Waals surface area contributed by atoms with Crippen LogP contribution in [-0.2, 0) is 38.4 Å². The average molecular weight is 610 g/mol. The van der Waals surface area contributed by atoms with Crippen LogP contribution in [0.15, 0.2) is 61.1 Å². The second-order valence-electron chi connectivity index (χ2n) is 10.4. The Hall–Kier alpha value is -4.95. The highest BCUT2D eigenvalue weighted by molar-refractivity contribution is 5.94. The number of nitrogens with zero attached hydrogens (tertiary/aromatic N) is 1. The number of rotatable bonds is 17. The van der Waals surface area contributed by atoms with E-state index >= 15 is 0 Å². The van der Waals surface area contributed by atoms with Crippen molar-refractivity contribution < 1.29 is 34.5 Å². The van der Waals surface area contributed by atoms with Gasteiger partial charge in [-0.1, -0.05) is 24.3 Å². The number of unbranched alkanes of at least 4 members (excludes halogenated alkanes) is 1. The number of benzene rings is 2. The quantitative estimate of drug-likeness (QED) is 0.0915. The van der Waals surface area contributed by atoms with E-state index < -0.39 is 47.9 Å². The number of aromatic amines is 1. The number of amides is 3. The summed E-state index contributed by atoms with van der Waals surface area (Å²) in [6.07, 6.45) is 4.28. The Morgan fingerprint density at radius 2 is 1.27 bits per heavy atom. The van der Waals surface area contributed by atoms with Gasteiger partial charge in [0.25, 0.3) is 0 Å². The zero-order valence-electron chi connectivity index (χ0n) is 24.1. The van der Waals surface area contributed by atoms with Crippen LogP contribution >= 0.6 is 0 Å². The van der Waals surface area contributed by atoms with Crippen molar-refractivity contribution in [1.29, 1.82) is 0 Å². The minimum atomic E-state index is -1.31. The molecule has 4 unspecified atom stereocenters. The van der Waals surface area contributed by atoms with Gasteiger partial charge in [-0.2, -0.15) is 0 Å². The molecular weight excluding hydrogens is 570 g/mol. The molecule has 14 nitrogen and oxygen atoms in total. The van der Waals surface area contributed by atoms with Crippen LogP contribution in [0.3, 0.4) is 0 Å². The summed E-state index contributed by atoms with van der Waals surface area (Å²) in [6.45, 7) is 0.356. The normalized spacial score (nSPS) is 13.7. The van der Waals surface area contributed by atoms with Crippen LogP contribution in [-0.4, -0.2) is 79.7 Å². The van der Waals surface area contributed by atoms with Crippen LogP contribution in [0.2, 0.25) is 0 Å². The molecule has 0 saturated heterocycles. The Morgan fingerprint density at radius 1 is 0.750 bits per heavy atom. The summed E-state index contributed by atoms with van der Waals surface area (Å²) in [5.41, 5.74) is 13.5. The summed E-state index contributed by atoms with van der Waals surface area (Å²) >= 11 is 0. The minimum Gasteiger partial charge on any atom is -0.508 e. The maximum Gasteiger partial charge on any atom is 0.326 e. The molecule has 3 rings (SSSR count). The zero-order chi connectivity index (χ0) is 32.1. The highest BCUT2D eigenvalue weighted by Crippen LogP contribution is 2.14. The van der Waals surface area contributed by atoms with Gasteiger partial charge in [-0.3, -0.25) is 14.4 Å². The first kappa shape index (κ1) is 33.6. The van der Waals surface area contributed by atoms with Crippen LogP contribution in [0.5, 0.6) is 11.5 Å². The zero-order valence-corrected chi connectivity index (χ0v) is 24.1. The van der Waals surface area contributed by atoms with Crippen molar-refractivity contribution in [2.45, 2.75) is 62.7 Å². The van der Waals surface area contributed by atoms with Gasteiger partial charge in [-0.05, 0) is 61.2 Å². The molecule has 1 heterocycles. The van der Waals surface area contributed by atoms with E-state index in [4.69, 9.17) is 11.5 Å². The van der Waals surface area contributed by atoms with Gasteiger partial charge in [0.1, 0.15) is 29.6 Å². The Labute approximate surface area is 254 Å². The molecule has 14 heteroatoms. The van der Waals surface area contributed by atoms with Gasteiger partial charge >= 0.3 is 5.97 Å². The molecule has 0 saturated carbocycles. The van der Waals surface area contributed by atoms with Gasteiger partial charge < -0.3 is 47.7 Å². The van der Waals surface area contributed by atoms with Crippen LogP contribution in [0.4, 0.5) is 0 Å². The van der Waals surface area contributed by atoms with Crippen molar-refractivity contribution >= 4 is 23.7 Å². The van der Waals surface area contributed by atoms with Gasteiger partial charge in [0, 0.05) is 31.2 Å². The number of aromatic nitrogens is 2. The molecule has 0 spiro atoms.